The number of hydrogen-bond donors (Lipinski definition) is 2. The number of quaternary nitrogens is 1. The first-order valence-electron chi connectivity index (χ1n) is 23.4. The lowest BCUT2D eigenvalue weighted by Gasteiger charge is -2.29. The number of likely N-dealkylation sites (N-methyl/N-ethyl adjacent to an activating group) is 1. The zero-order valence-corrected chi connectivity index (χ0v) is 39.3. The van der Waals surface area contributed by atoms with Gasteiger partial charge in [0, 0.05) is 6.42 Å². The Morgan fingerprint density at radius 1 is 0.610 bits per heavy atom. The quantitative estimate of drug-likeness (QED) is 0.0275. The van der Waals surface area contributed by atoms with Gasteiger partial charge in [0.25, 0.3) is 7.82 Å². The Morgan fingerprint density at radius 3 is 1.51 bits per heavy atom. The Kier molecular flexibility index (Phi) is 39.4. The maximum absolute atomic E-state index is 12.9. The number of phosphoric ester groups is 1. The molecule has 0 radical (unpaired) electrons. The van der Waals surface area contributed by atoms with Gasteiger partial charge >= 0.3 is 0 Å². The molecule has 59 heavy (non-hydrogen) atoms. The molecule has 0 aromatic rings. The Hall–Kier alpha value is -2.32. The summed E-state index contributed by atoms with van der Waals surface area (Å²) in [7, 11) is 1.23. The number of phosphoric acid groups is 1. The maximum Gasteiger partial charge on any atom is 0.268 e. The predicted octanol–water partition coefficient (Wildman–Crippen LogP) is 12.7. The number of rotatable bonds is 41. The van der Waals surface area contributed by atoms with E-state index < -0.39 is 26.6 Å². The number of nitrogens with one attached hydrogen (secondary N) is 1. The number of unbranched alkanes of at least 4 members (excludes halogenated alkanes) is 16. The van der Waals surface area contributed by atoms with Gasteiger partial charge in [-0.1, -0.05) is 182 Å². The molecule has 0 rings (SSSR count). The number of aliphatic hydroxyl groups excluding tert-OH is 1. The molecule has 2 N–H and O–H groups in total. The fourth-order valence-electron chi connectivity index (χ4n) is 6.15. The zero-order valence-electron chi connectivity index (χ0n) is 38.4. The van der Waals surface area contributed by atoms with Gasteiger partial charge in [0.2, 0.25) is 5.91 Å². The van der Waals surface area contributed by atoms with Crippen molar-refractivity contribution in [2.45, 2.75) is 187 Å². The van der Waals surface area contributed by atoms with Gasteiger partial charge in [0.05, 0.1) is 39.9 Å². The normalized spacial score (nSPS) is 15.0. The number of carbonyl (C=O) groups excluding carboxylic acids is 1. The van der Waals surface area contributed by atoms with Gasteiger partial charge in [-0.15, -0.1) is 0 Å². The van der Waals surface area contributed by atoms with E-state index >= 15 is 0 Å². The molecule has 0 aliphatic heterocycles. The number of aliphatic hydroxyl groups is 1. The summed E-state index contributed by atoms with van der Waals surface area (Å²) in [6.45, 7) is 4.49. The minimum atomic E-state index is -4.60. The molecule has 1 amide bonds. The third kappa shape index (κ3) is 43.6. The summed E-state index contributed by atoms with van der Waals surface area (Å²) in [5.41, 5.74) is 0. The molecular formula is C50H89N2O6P. The first-order chi connectivity index (χ1) is 28.5. The summed E-state index contributed by atoms with van der Waals surface area (Å²) in [6.07, 6.45) is 56.3. The molecule has 3 unspecified atom stereocenters. The van der Waals surface area contributed by atoms with Gasteiger partial charge in [-0.2, -0.15) is 0 Å². The van der Waals surface area contributed by atoms with Gasteiger partial charge in [-0.25, -0.2) is 0 Å². The van der Waals surface area contributed by atoms with E-state index in [1.165, 1.54) is 57.8 Å². The van der Waals surface area contributed by atoms with E-state index in [0.29, 0.717) is 17.4 Å². The Morgan fingerprint density at radius 2 is 1.03 bits per heavy atom. The van der Waals surface area contributed by atoms with Crippen LogP contribution >= 0.6 is 7.82 Å². The minimum Gasteiger partial charge on any atom is -0.756 e. The standard InChI is InChI=1S/C50H89N2O6P/c1-6-8-10-12-14-16-18-20-21-22-23-24-25-26-27-28-29-30-31-32-34-36-38-40-42-44-50(54)51-48(47-58-59(55,56)57-46-45-52(3,4)5)49(53)43-41-39-37-35-33-19-17-15-13-11-9-7-2/h8,10,14,16,20-21,23-24,26-27,29-30,41,43,48-49,53H,6-7,9,11-13,15,17-19,22,25,28,31-40,42,44-47H2,1-5H3,(H-,51,54,55,56)/b10-8-,16-14-,21-20-,24-23-,27-26-,30-29-,43-41+. The minimum absolute atomic E-state index is 0.00881. The van der Waals surface area contributed by atoms with Crippen LogP contribution < -0.4 is 10.2 Å². The number of nitrogens with zero attached hydrogens (tertiary/aromatic N) is 1. The average molecular weight is 845 g/mol. The highest BCUT2D eigenvalue weighted by atomic mass is 31.2. The Bertz CT molecular complexity index is 1230. The second-order valence-corrected chi connectivity index (χ2v) is 18.1. The SMILES string of the molecule is CC/C=C\C/C=C\C/C=C\C/C=C\C/C=C\C/C=C\CCCCCCCCC(=O)NC(COP(=O)([O-])OCC[N+](C)(C)C)C(O)/C=C/CCCCCCCCCCCC. The zero-order chi connectivity index (χ0) is 43.6. The lowest BCUT2D eigenvalue weighted by Crippen LogP contribution is -2.45. The van der Waals surface area contributed by atoms with Crippen molar-refractivity contribution in [3.63, 3.8) is 0 Å². The molecule has 9 heteroatoms. The molecule has 3 atom stereocenters. The molecule has 0 bridgehead atoms. The fraction of sp³-hybridized carbons (Fsp3) is 0.700. The summed E-state index contributed by atoms with van der Waals surface area (Å²) in [5.74, 6) is -0.218. The van der Waals surface area contributed by atoms with Crippen LogP contribution in [-0.4, -0.2) is 68.5 Å². The van der Waals surface area contributed by atoms with Crippen molar-refractivity contribution in [1.29, 1.82) is 0 Å². The van der Waals surface area contributed by atoms with Crippen LogP contribution in [0.15, 0.2) is 85.1 Å². The molecule has 0 spiro atoms. The topological polar surface area (TPSA) is 108 Å². The van der Waals surface area contributed by atoms with E-state index in [1.807, 2.05) is 27.2 Å². The predicted molar refractivity (Wildman–Crippen MR) is 251 cm³/mol. The van der Waals surface area contributed by atoms with Crippen molar-refractivity contribution >= 4 is 13.7 Å². The fourth-order valence-corrected chi connectivity index (χ4v) is 6.88. The molecule has 0 aliphatic rings. The molecule has 0 saturated carbocycles. The van der Waals surface area contributed by atoms with Gasteiger partial charge in [-0.3, -0.25) is 9.36 Å². The van der Waals surface area contributed by atoms with Gasteiger partial charge in [-0.05, 0) is 70.6 Å². The molecule has 0 aromatic carbocycles. The van der Waals surface area contributed by atoms with Gasteiger partial charge < -0.3 is 28.8 Å². The van der Waals surface area contributed by atoms with Crippen LogP contribution in [0.25, 0.3) is 0 Å². The summed E-state index contributed by atoms with van der Waals surface area (Å²) >= 11 is 0. The van der Waals surface area contributed by atoms with Gasteiger partial charge in [0.15, 0.2) is 0 Å². The monoisotopic (exact) mass is 845 g/mol. The van der Waals surface area contributed by atoms with Crippen LogP contribution in [0.3, 0.4) is 0 Å². The third-order valence-corrected chi connectivity index (χ3v) is 10.8. The van der Waals surface area contributed by atoms with Crippen molar-refractivity contribution in [3.05, 3.63) is 85.1 Å². The van der Waals surface area contributed by atoms with E-state index in [4.69, 9.17) is 9.05 Å². The van der Waals surface area contributed by atoms with Crippen molar-refractivity contribution in [2.24, 2.45) is 0 Å². The van der Waals surface area contributed by atoms with Crippen molar-refractivity contribution in [2.75, 3.05) is 40.9 Å². The lowest BCUT2D eigenvalue weighted by atomic mass is 10.1. The number of hydrogen-bond acceptors (Lipinski definition) is 6. The summed E-state index contributed by atoms with van der Waals surface area (Å²) in [4.78, 5) is 25.3. The molecule has 0 aromatic heterocycles. The van der Waals surface area contributed by atoms with Crippen LogP contribution in [0.2, 0.25) is 0 Å². The molecule has 0 fully saturated rings. The lowest BCUT2D eigenvalue weighted by molar-refractivity contribution is -0.870. The van der Waals surface area contributed by atoms with E-state index in [-0.39, 0.29) is 12.5 Å². The van der Waals surface area contributed by atoms with Crippen LogP contribution in [-0.2, 0) is 18.4 Å². The molecule has 8 nitrogen and oxygen atoms in total. The van der Waals surface area contributed by atoms with Crippen LogP contribution in [0.5, 0.6) is 0 Å². The summed E-state index contributed by atoms with van der Waals surface area (Å²) in [5, 5.41) is 13.8. The van der Waals surface area contributed by atoms with E-state index in [1.54, 1.807) is 6.08 Å². The maximum atomic E-state index is 12.9. The molecule has 340 valence electrons. The second-order valence-electron chi connectivity index (χ2n) is 16.7. The van der Waals surface area contributed by atoms with Crippen LogP contribution in [0, 0.1) is 0 Å². The number of carbonyl (C=O) groups is 1. The molecular weight excluding hydrogens is 756 g/mol. The largest absolute Gasteiger partial charge is 0.756 e. The Labute approximate surface area is 363 Å². The molecule has 0 aliphatic carbocycles. The molecule has 0 heterocycles. The van der Waals surface area contributed by atoms with E-state index in [9.17, 15) is 19.4 Å². The van der Waals surface area contributed by atoms with E-state index in [0.717, 1.165) is 96.3 Å². The first kappa shape index (κ1) is 56.7. The Balaban J connectivity index is 4.36. The highest BCUT2D eigenvalue weighted by Crippen LogP contribution is 2.38. The van der Waals surface area contributed by atoms with Crippen molar-refractivity contribution in [1.82, 2.24) is 5.32 Å². The number of allylic oxidation sites excluding steroid dienone is 13. The van der Waals surface area contributed by atoms with E-state index in [2.05, 4.69) is 92.1 Å². The average Bonchev–Trinajstić information content (AvgIpc) is 3.19. The van der Waals surface area contributed by atoms with Crippen molar-refractivity contribution < 1.29 is 32.9 Å². The summed E-state index contributed by atoms with van der Waals surface area (Å²) < 4.78 is 23.2. The first-order valence-corrected chi connectivity index (χ1v) is 24.9. The van der Waals surface area contributed by atoms with Gasteiger partial charge in [0.1, 0.15) is 13.2 Å². The number of amides is 1. The van der Waals surface area contributed by atoms with Crippen LogP contribution in [0.4, 0.5) is 0 Å². The summed E-state index contributed by atoms with van der Waals surface area (Å²) in [6, 6.07) is -0.898. The molecule has 0 saturated heterocycles. The van der Waals surface area contributed by atoms with Crippen LogP contribution in [0.1, 0.15) is 174 Å². The highest BCUT2D eigenvalue weighted by Gasteiger charge is 2.23. The highest BCUT2D eigenvalue weighted by molar-refractivity contribution is 7.45. The third-order valence-electron chi connectivity index (χ3n) is 9.86. The second kappa shape index (κ2) is 41.1. The van der Waals surface area contributed by atoms with Crippen molar-refractivity contribution in [3.8, 4) is 0 Å². The smallest absolute Gasteiger partial charge is 0.268 e.